The van der Waals surface area contributed by atoms with Crippen LogP contribution in [0, 0.1) is 0 Å². The number of anilines is 1. The Balaban J connectivity index is 1.86. The number of carbonyl (C=O) groups is 1. The van der Waals surface area contributed by atoms with Gasteiger partial charge in [-0.2, -0.15) is 0 Å². The summed E-state index contributed by atoms with van der Waals surface area (Å²) in [5.41, 5.74) is 1.32. The normalized spacial score (nSPS) is 15.4. The van der Waals surface area contributed by atoms with E-state index < -0.39 is 5.41 Å². The lowest BCUT2D eigenvalue weighted by molar-refractivity contribution is -0.124. The fraction of sp³-hybridized carbons (Fsp3) is 0.316. The third kappa shape index (κ3) is 2.77. The van der Waals surface area contributed by atoms with Gasteiger partial charge in [0.15, 0.2) is 0 Å². The average Bonchev–Trinajstić information content (AvgIpc) is 2.55. The third-order valence-electron chi connectivity index (χ3n) is 4.63. The van der Waals surface area contributed by atoms with Gasteiger partial charge >= 0.3 is 0 Å². The summed E-state index contributed by atoms with van der Waals surface area (Å²) in [7, 11) is 3.19. The van der Waals surface area contributed by atoms with Gasteiger partial charge in [0.05, 0.1) is 25.3 Å². The maximum atomic E-state index is 12.9. The van der Waals surface area contributed by atoms with Crippen molar-refractivity contribution in [2.45, 2.75) is 24.7 Å². The van der Waals surface area contributed by atoms with Crippen LogP contribution >= 0.6 is 0 Å². The largest absolute Gasteiger partial charge is 0.497 e. The number of hydrogen-bond donors (Lipinski definition) is 1. The third-order valence-corrected chi connectivity index (χ3v) is 4.63. The van der Waals surface area contributed by atoms with Crippen LogP contribution in [0.1, 0.15) is 24.8 Å². The van der Waals surface area contributed by atoms with Crippen LogP contribution in [0.5, 0.6) is 11.5 Å². The van der Waals surface area contributed by atoms with Gasteiger partial charge in [-0.25, -0.2) is 0 Å². The van der Waals surface area contributed by atoms with Crippen LogP contribution in [-0.4, -0.2) is 20.1 Å². The molecule has 0 radical (unpaired) electrons. The van der Waals surface area contributed by atoms with E-state index in [1.54, 1.807) is 20.3 Å². The highest BCUT2D eigenvalue weighted by molar-refractivity contribution is 6.01. The highest BCUT2D eigenvalue weighted by Gasteiger charge is 2.45. The van der Waals surface area contributed by atoms with Crippen LogP contribution in [0.2, 0.25) is 0 Å². The zero-order valence-corrected chi connectivity index (χ0v) is 13.5. The van der Waals surface area contributed by atoms with Gasteiger partial charge in [0.1, 0.15) is 11.5 Å². The number of amides is 1. The lowest BCUT2D eigenvalue weighted by Gasteiger charge is -2.40. The molecular formula is C19H21NO3. The monoisotopic (exact) mass is 311 g/mol. The van der Waals surface area contributed by atoms with Crippen LogP contribution in [-0.2, 0) is 10.2 Å². The van der Waals surface area contributed by atoms with E-state index in [1.165, 1.54) is 0 Å². The Morgan fingerprint density at radius 3 is 2.35 bits per heavy atom. The Hall–Kier alpha value is -2.49. The van der Waals surface area contributed by atoms with E-state index in [2.05, 4.69) is 5.32 Å². The molecule has 1 amide bonds. The summed E-state index contributed by atoms with van der Waals surface area (Å²) in [6.07, 6.45) is 2.82. The number of benzene rings is 2. The zero-order chi connectivity index (χ0) is 16.3. The van der Waals surface area contributed by atoms with Crippen molar-refractivity contribution in [2.24, 2.45) is 0 Å². The molecule has 1 saturated carbocycles. The van der Waals surface area contributed by atoms with Gasteiger partial charge < -0.3 is 14.8 Å². The molecule has 0 spiro atoms. The van der Waals surface area contributed by atoms with Crippen LogP contribution in [0.3, 0.4) is 0 Å². The molecule has 23 heavy (non-hydrogen) atoms. The van der Waals surface area contributed by atoms with Gasteiger partial charge in [0.2, 0.25) is 5.91 Å². The van der Waals surface area contributed by atoms with E-state index in [0.29, 0.717) is 17.2 Å². The fourth-order valence-corrected chi connectivity index (χ4v) is 3.08. The Kier molecular flexibility index (Phi) is 4.24. The summed E-state index contributed by atoms with van der Waals surface area (Å²) in [5.74, 6) is 1.32. The molecule has 0 saturated heterocycles. The predicted octanol–water partition coefficient (Wildman–Crippen LogP) is 3.76. The molecular weight excluding hydrogens is 290 g/mol. The van der Waals surface area contributed by atoms with Gasteiger partial charge in [0.25, 0.3) is 0 Å². The molecule has 120 valence electrons. The molecule has 0 atom stereocenters. The van der Waals surface area contributed by atoms with Gasteiger partial charge in [-0.05, 0) is 30.5 Å². The van der Waals surface area contributed by atoms with Gasteiger partial charge in [0, 0.05) is 6.07 Å². The van der Waals surface area contributed by atoms with E-state index >= 15 is 0 Å². The molecule has 0 aromatic heterocycles. The Bertz CT molecular complexity index is 693. The lowest BCUT2D eigenvalue weighted by Crippen LogP contribution is -2.46. The highest BCUT2D eigenvalue weighted by atomic mass is 16.5. The van der Waals surface area contributed by atoms with Crippen molar-refractivity contribution in [3.8, 4) is 11.5 Å². The SMILES string of the molecule is COc1ccc(NC(=O)C2(c3ccccc3)CCC2)c(OC)c1. The summed E-state index contributed by atoms with van der Waals surface area (Å²) in [4.78, 5) is 12.9. The zero-order valence-electron chi connectivity index (χ0n) is 13.5. The molecule has 2 aromatic carbocycles. The summed E-state index contributed by atoms with van der Waals surface area (Å²) in [5, 5.41) is 3.03. The first-order valence-corrected chi connectivity index (χ1v) is 7.78. The van der Waals surface area contributed by atoms with Crippen molar-refractivity contribution in [2.75, 3.05) is 19.5 Å². The summed E-state index contributed by atoms with van der Waals surface area (Å²) >= 11 is 0. The van der Waals surface area contributed by atoms with Crippen LogP contribution in [0.15, 0.2) is 48.5 Å². The number of nitrogens with one attached hydrogen (secondary N) is 1. The second-order valence-corrected chi connectivity index (χ2v) is 5.82. The van der Waals surface area contributed by atoms with Crippen molar-refractivity contribution in [3.63, 3.8) is 0 Å². The molecule has 0 bridgehead atoms. The minimum atomic E-state index is -0.424. The molecule has 1 aliphatic carbocycles. The van der Waals surface area contributed by atoms with Crippen molar-refractivity contribution < 1.29 is 14.3 Å². The smallest absolute Gasteiger partial charge is 0.235 e. The fourth-order valence-electron chi connectivity index (χ4n) is 3.08. The molecule has 3 rings (SSSR count). The molecule has 0 unspecified atom stereocenters. The summed E-state index contributed by atoms with van der Waals surface area (Å²) in [6, 6.07) is 15.4. The number of ether oxygens (including phenoxy) is 2. The second-order valence-electron chi connectivity index (χ2n) is 5.82. The minimum absolute atomic E-state index is 0.0263. The molecule has 1 fully saturated rings. The minimum Gasteiger partial charge on any atom is -0.497 e. The van der Waals surface area contributed by atoms with Gasteiger partial charge in [-0.3, -0.25) is 4.79 Å². The standard InChI is InChI=1S/C19H21NO3/c1-22-15-9-10-16(17(13-15)23-2)20-18(21)19(11-6-12-19)14-7-4-3-5-8-14/h3-5,7-10,13H,6,11-12H2,1-2H3,(H,20,21). The van der Waals surface area contributed by atoms with Crippen LogP contribution < -0.4 is 14.8 Å². The Morgan fingerprint density at radius 2 is 1.78 bits per heavy atom. The maximum absolute atomic E-state index is 12.9. The van der Waals surface area contributed by atoms with Crippen LogP contribution in [0.25, 0.3) is 0 Å². The molecule has 4 nitrogen and oxygen atoms in total. The molecule has 1 aliphatic rings. The van der Waals surface area contributed by atoms with Crippen molar-refractivity contribution in [1.29, 1.82) is 0 Å². The van der Waals surface area contributed by atoms with E-state index in [0.717, 1.165) is 24.8 Å². The first-order valence-electron chi connectivity index (χ1n) is 7.78. The number of hydrogen-bond acceptors (Lipinski definition) is 3. The number of carbonyl (C=O) groups excluding carboxylic acids is 1. The Labute approximate surface area is 136 Å². The molecule has 0 heterocycles. The van der Waals surface area contributed by atoms with E-state index in [4.69, 9.17) is 9.47 Å². The summed E-state index contributed by atoms with van der Waals surface area (Å²) in [6.45, 7) is 0. The van der Waals surface area contributed by atoms with E-state index in [-0.39, 0.29) is 5.91 Å². The van der Waals surface area contributed by atoms with Crippen LogP contribution in [0.4, 0.5) is 5.69 Å². The molecule has 0 aliphatic heterocycles. The lowest BCUT2D eigenvalue weighted by atomic mass is 9.64. The molecule has 2 aromatic rings. The summed E-state index contributed by atoms with van der Waals surface area (Å²) < 4.78 is 10.6. The van der Waals surface area contributed by atoms with E-state index in [9.17, 15) is 4.79 Å². The molecule has 4 heteroatoms. The van der Waals surface area contributed by atoms with E-state index in [1.807, 2.05) is 42.5 Å². The number of methoxy groups -OCH3 is 2. The quantitative estimate of drug-likeness (QED) is 0.914. The van der Waals surface area contributed by atoms with Crippen molar-refractivity contribution in [1.82, 2.24) is 0 Å². The highest BCUT2D eigenvalue weighted by Crippen LogP contribution is 2.45. The predicted molar refractivity (Wildman–Crippen MR) is 90.1 cm³/mol. The van der Waals surface area contributed by atoms with Crippen molar-refractivity contribution >= 4 is 11.6 Å². The van der Waals surface area contributed by atoms with Gasteiger partial charge in [-0.1, -0.05) is 36.8 Å². The number of rotatable bonds is 5. The second kappa shape index (κ2) is 6.32. The van der Waals surface area contributed by atoms with Gasteiger partial charge in [-0.15, -0.1) is 0 Å². The first-order chi connectivity index (χ1) is 11.2. The molecule has 1 N–H and O–H groups in total. The Morgan fingerprint density at radius 1 is 1.04 bits per heavy atom. The topological polar surface area (TPSA) is 47.6 Å². The average molecular weight is 311 g/mol. The van der Waals surface area contributed by atoms with Crippen molar-refractivity contribution in [3.05, 3.63) is 54.1 Å². The first kappa shape index (κ1) is 15.4. The maximum Gasteiger partial charge on any atom is 0.235 e.